The van der Waals surface area contributed by atoms with E-state index in [9.17, 15) is 9.59 Å². The number of nitrogens with one attached hydrogen (secondary N) is 1. The van der Waals surface area contributed by atoms with Gasteiger partial charge in [0, 0.05) is 18.7 Å². The smallest absolute Gasteiger partial charge is 0.251 e. The van der Waals surface area contributed by atoms with Gasteiger partial charge in [-0.05, 0) is 41.9 Å². The van der Waals surface area contributed by atoms with Crippen LogP contribution in [-0.4, -0.2) is 35.8 Å². The Bertz CT molecular complexity index is 606. The first kappa shape index (κ1) is 20.5. The van der Waals surface area contributed by atoms with Gasteiger partial charge in [-0.3, -0.25) is 9.59 Å². The molecule has 1 aliphatic rings. The normalized spacial score (nSPS) is 16.9. The number of carbonyl (C=O) groups is 2. The fourth-order valence-corrected chi connectivity index (χ4v) is 3.35. The summed E-state index contributed by atoms with van der Waals surface area (Å²) >= 11 is 0. The van der Waals surface area contributed by atoms with Crippen molar-refractivity contribution < 1.29 is 9.59 Å². The maximum Gasteiger partial charge on any atom is 0.251 e. The van der Waals surface area contributed by atoms with E-state index < -0.39 is 6.04 Å². The molecule has 1 aliphatic heterocycles. The zero-order valence-corrected chi connectivity index (χ0v) is 17.0. The first-order chi connectivity index (χ1) is 12.2. The molecule has 2 amide bonds. The highest BCUT2D eigenvalue weighted by atomic mass is 16.2. The number of likely N-dealkylation sites (tertiary alicyclic amines) is 1. The molecule has 1 saturated heterocycles. The molecule has 2 rings (SSSR count). The van der Waals surface area contributed by atoms with Crippen LogP contribution in [0.4, 0.5) is 0 Å². The van der Waals surface area contributed by atoms with Crippen LogP contribution in [-0.2, 0) is 10.2 Å². The van der Waals surface area contributed by atoms with Crippen LogP contribution in [0.5, 0.6) is 0 Å². The zero-order chi connectivity index (χ0) is 19.3. The molecule has 0 unspecified atom stereocenters. The van der Waals surface area contributed by atoms with E-state index in [0.717, 1.165) is 25.9 Å². The fraction of sp³-hybridized carbons (Fsp3) is 0.636. The lowest BCUT2D eigenvalue weighted by Crippen LogP contribution is -2.51. The van der Waals surface area contributed by atoms with Gasteiger partial charge in [-0.1, -0.05) is 59.6 Å². The molecule has 26 heavy (non-hydrogen) atoms. The first-order valence-electron chi connectivity index (χ1n) is 9.90. The van der Waals surface area contributed by atoms with E-state index in [0.29, 0.717) is 5.56 Å². The van der Waals surface area contributed by atoms with Gasteiger partial charge in [-0.2, -0.15) is 0 Å². The summed E-state index contributed by atoms with van der Waals surface area (Å²) in [5.74, 6) is -0.0579. The molecule has 1 N–H and O–H groups in total. The molecule has 0 bridgehead atoms. The standard InChI is InChI=1S/C22H34N2O2/c1-16(2)19(21(26)24-14-8-6-7-9-15-24)23-20(25)17-10-12-18(13-11-17)22(3,4)5/h10-13,16,19H,6-9,14-15H2,1-5H3,(H,23,25)/t19-/m0/s1. The Kier molecular flexibility index (Phi) is 6.85. The minimum Gasteiger partial charge on any atom is -0.341 e. The minimum absolute atomic E-state index is 0.0538. The van der Waals surface area contributed by atoms with E-state index >= 15 is 0 Å². The van der Waals surface area contributed by atoms with Gasteiger partial charge in [0.2, 0.25) is 5.91 Å². The summed E-state index contributed by atoms with van der Waals surface area (Å²) < 4.78 is 0. The Labute approximate surface area is 158 Å². The Balaban J connectivity index is 2.08. The largest absolute Gasteiger partial charge is 0.341 e. The highest BCUT2D eigenvalue weighted by Gasteiger charge is 2.29. The van der Waals surface area contributed by atoms with Crippen LogP contribution < -0.4 is 5.32 Å². The van der Waals surface area contributed by atoms with Gasteiger partial charge in [0.15, 0.2) is 0 Å². The molecule has 0 aliphatic carbocycles. The van der Waals surface area contributed by atoms with Crippen LogP contribution in [0.2, 0.25) is 0 Å². The van der Waals surface area contributed by atoms with Crippen molar-refractivity contribution in [2.24, 2.45) is 5.92 Å². The maximum atomic E-state index is 13.0. The number of hydrogen-bond donors (Lipinski definition) is 1. The third kappa shape index (κ3) is 5.33. The number of hydrogen-bond acceptors (Lipinski definition) is 2. The van der Waals surface area contributed by atoms with E-state index in [1.54, 1.807) is 0 Å². The van der Waals surface area contributed by atoms with Crippen molar-refractivity contribution in [1.29, 1.82) is 0 Å². The van der Waals surface area contributed by atoms with Gasteiger partial charge in [0.1, 0.15) is 6.04 Å². The van der Waals surface area contributed by atoms with Gasteiger partial charge in [0.25, 0.3) is 5.91 Å². The summed E-state index contributed by atoms with van der Waals surface area (Å²) in [4.78, 5) is 27.6. The van der Waals surface area contributed by atoms with Crippen LogP contribution in [0.15, 0.2) is 24.3 Å². The number of benzene rings is 1. The number of amides is 2. The average molecular weight is 359 g/mol. The van der Waals surface area contributed by atoms with E-state index in [1.165, 1.54) is 18.4 Å². The minimum atomic E-state index is -0.470. The fourth-order valence-electron chi connectivity index (χ4n) is 3.35. The quantitative estimate of drug-likeness (QED) is 0.879. The monoisotopic (exact) mass is 358 g/mol. The van der Waals surface area contributed by atoms with Crippen LogP contribution in [0.3, 0.4) is 0 Å². The molecule has 1 heterocycles. The van der Waals surface area contributed by atoms with E-state index in [4.69, 9.17) is 0 Å². The third-order valence-corrected chi connectivity index (χ3v) is 5.15. The summed E-state index contributed by atoms with van der Waals surface area (Å²) in [6.07, 6.45) is 4.47. The lowest BCUT2D eigenvalue weighted by atomic mass is 9.86. The van der Waals surface area contributed by atoms with E-state index in [-0.39, 0.29) is 23.1 Å². The van der Waals surface area contributed by atoms with Crippen LogP contribution >= 0.6 is 0 Å². The molecule has 4 heteroatoms. The van der Waals surface area contributed by atoms with Gasteiger partial charge in [0.05, 0.1) is 0 Å². The van der Waals surface area contributed by atoms with E-state index in [2.05, 4.69) is 26.1 Å². The van der Waals surface area contributed by atoms with Crippen molar-refractivity contribution in [2.75, 3.05) is 13.1 Å². The second-order valence-electron chi connectivity index (χ2n) is 8.76. The SMILES string of the molecule is CC(C)[C@H](NC(=O)c1ccc(C(C)(C)C)cc1)C(=O)N1CCCCCC1. The van der Waals surface area contributed by atoms with Gasteiger partial charge in [-0.15, -0.1) is 0 Å². The van der Waals surface area contributed by atoms with Crippen molar-refractivity contribution in [1.82, 2.24) is 10.2 Å². The molecule has 0 saturated carbocycles. The molecule has 1 aromatic carbocycles. The number of rotatable bonds is 4. The summed E-state index contributed by atoms with van der Waals surface area (Å²) in [6.45, 7) is 12.0. The van der Waals surface area contributed by atoms with Crippen LogP contribution in [0.25, 0.3) is 0 Å². The zero-order valence-electron chi connectivity index (χ0n) is 17.0. The first-order valence-corrected chi connectivity index (χ1v) is 9.90. The van der Waals surface area contributed by atoms with Gasteiger partial charge < -0.3 is 10.2 Å². The molecular weight excluding hydrogens is 324 g/mol. The topological polar surface area (TPSA) is 49.4 Å². The lowest BCUT2D eigenvalue weighted by Gasteiger charge is -2.29. The second kappa shape index (κ2) is 8.70. The Morgan fingerprint density at radius 3 is 1.96 bits per heavy atom. The van der Waals surface area contributed by atoms with Gasteiger partial charge >= 0.3 is 0 Å². The summed E-state index contributed by atoms with van der Waals surface area (Å²) in [5, 5.41) is 2.98. The summed E-state index contributed by atoms with van der Waals surface area (Å²) in [5.41, 5.74) is 1.85. The van der Waals surface area contributed by atoms with Crippen LogP contribution in [0.1, 0.15) is 76.2 Å². The molecule has 0 radical (unpaired) electrons. The molecule has 1 fully saturated rings. The summed E-state index contributed by atoms with van der Waals surface area (Å²) in [6, 6.07) is 7.22. The predicted molar refractivity (Wildman–Crippen MR) is 106 cm³/mol. The number of nitrogens with zero attached hydrogens (tertiary/aromatic N) is 1. The Morgan fingerprint density at radius 1 is 0.962 bits per heavy atom. The second-order valence-corrected chi connectivity index (χ2v) is 8.76. The van der Waals surface area contributed by atoms with E-state index in [1.807, 2.05) is 43.0 Å². The Hall–Kier alpha value is -1.84. The third-order valence-electron chi connectivity index (χ3n) is 5.15. The molecule has 0 aromatic heterocycles. The molecule has 144 valence electrons. The lowest BCUT2D eigenvalue weighted by molar-refractivity contribution is -0.134. The Morgan fingerprint density at radius 2 is 1.50 bits per heavy atom. The summed E-state index contributed by atoms with van der Waals surface area (Å²) in [7, 11) is 0. The highest BCUT2D eigenvalue weighted by molar-refractivity contribution is 5.97. The van der Waals surface area contributed by atoms with Crippen molar-refractivity contribution >= 4 is 11.8 Å². The van der Waals surface area contributed by atoms with Crippen molar-refractivity contribution in [3.05, 3.63) is 35.4 Å². The molecule has 0 spiro atoms. The molecule has 1 aromatic rings. The predicted octanol–water partition coefficient (Wildman–Crippen LogP) is 4.14. The van der Waals surface area contributed by atoms with Crippen molar-refractivity contribution in [3.8, 4) is 0 Å². The highest BCUT2D eigenvalue weighted by Crippen LogP contribution is 2.22. The maximum absolute atomic E-state index is 13.0. The number of carbonyl (C=O) groups excluding carboxylic acids is 2. The van der Waals surface area contributed by atoms with Crippen molar-refractivity contribution in [2.45, 2.75) is 71.8 Å². The molecular formula is C22H34N2O2. The molecule has 4 nitrogen and oxygen atoms in total. The van der Waals surface area contributed by atoms with Gasteiger partial charge in [-0.25, -0.2) is 0 Å². The molecule has 1 atom stereocenters. The van der Waals surface area contributed by atoms with Crippen molar-refractivity contribution in [3.63, 3.8) is 0 Å². The average Bonchev–Trinajstić information content (AvgIpc) is 2.87. The van der Waals surface area contributed by atoms with Crippen LogP contribution in [0, 0.1) is 5.92 Å².